The van der Waals surface area contributed by atoms with Gasteiger partial charge in [-0.25, -0.2) is 4.79 Å². The predicted molar refractivity (Wildman–Crippen MR) is 65.1 cm³/mol. The second-order valence-corrected chi connectivity index (χ2v) is 4.81. The van der Waals surface area contributed by atoms with Gasteiger partial charge in [0.2, 0.25) is 11.8 Å². The van der Waals surface area contributed by atoms with E-state index in [1.54, 1.807) is 20.8 Å². The van der Waals surface area contributed by atoms with Gasteiger partial charge in [0.15, 0.2) is 5.82 Å². The fourth-order valence-electron chi connectivity index (χ4n) is 1.13. The molecule has 0 aliphatic carbocycles. The van der Waals surface area contributed by atoms with Crippen LogP contribution in [-0.2, 0) is 22.5 Å². The van der Waals surface area contributed by atoms with Crippen LogP contribution in [0.1, 0.15) is 32.5 Å². The van der Waals surface area contributed by atoms with Crippen LogP contribution in [0.25, 0.3) is 0 Å². The number of ether oxygens (including phenoxy) is 1. The molecule has 0 fully saturated rings. The van der Waals surface area contributed by atoms with E-state index in [1.165, 1.54) is 7.05 Å². The van der Waals surface area contributed by atoms with E-state index in [-0.39, 0.29) is 30.6 Å². The second kappa shape index (κ2) is 6.17. The number of hydrogen-bond donors (Lipinski definition) is 2. The standard InChI is InChI=1S/C11H18N4O4/c1-11(2,3)18-10(17)13-6-9-14-7(15-19-9)5-8(16)12-4/h5-6H2,1-4H3,(H,12,16)(H,13,17). The van der Waals surface area contributed by atoms with E-state index in [9.17, 15) is 9.59 Å². The van der Waals surface area contributed by atoms with Gasteiger partial charge in [-0.05, 0) is 20.8 Å². The lowest BCUT2D eigenvalue weighted by Crippen LogP contribution is -2.32. The van der Waals surface area contributed by atoms with E-state index in [0.717, 1.165) is 0 Å². The quantitative estimate of drug-likeness (QED) is 0.819. The lowest BCUT2D eigenvalue weighted by Gasteiger charge is -2.19. The van der Waals surface area contributed by atoms with Crippen molar-refractivity contribution in [3.8, 4) is 0 Å². The Morgan fingerprint density at radius 3 is 2.63 bits per heavy atom. The maximum absolute atomic E-state index is 11.4. The molecule has 2 amide bonds. The molecule has 0 aliphatic rings. The molecule has 8 heteroatoms. The van der Waals surface area contributed by atoms with Crippen molar-refractivity contribution in [2.75, 3.05) is 7.05 Å². The minimum absolute atomic E-state index is 0.0342. The Bertz CT molecular complexity index is 450. The summed E-state index contributed by atoms with van der Waals surface area (Å²) in [7, 11) is 1.52. The van der Waals surface area contributed by atoms with Gasteiger partial charge < -0.3 is 19.9 Å². The number of nitrogens with zero attached hydrogens (tertiary/aromatic N) is 2. The van der Waals surface area contributed by atoms with E-state index >= 15 is 0 Å². The zero-order valence-corrected chi connectivity index (χ0v) is 11.4. The van der Waals surface area contributed by atoms with Crippen molar-refractivity contribution in [1.82, 2.24) is 20.8 Å². The highest BCUT2D eigenvalue weighted by Gasteiger charge is 2.17. The summed E-state index contributed by atoms with van der Waals surface area (Å²) in [6.45, 7) is 5.35. The molecule has 0 aliphatic heterocycles. The molecule has 2 N–H and O–H groups in total. The molecule has 0 bridgehead atoms. The second-order valence-electron chi connectivity index (χ2n) is 4.81. The lowest BCUT2D eigenvalue weighted by molar-refractivity contribution is -0.120. The zero-order chi connectivity index (χ0) is 14.5. The molecule has 106 valence electrons. The van der Waals surface area contributed by atoms with Gasteiger partial charge in [0.25, 0.3) is 0 Å². The van der Waals surface area contributed by atoms with Crippen molar-refractivity contribution in [3.05, 3.63) is 11.7 Å². The maximum atomic E-state index is 11.4. The fourth-order valence-corrected chi connectivity index (χ4v) is 1.13. The molecule has 1 heterocycles. The van der Waals surface area contributed by atoms with Crippen molar-refractivity contribution in [2.45, 2.75) is 39.3 Å². The normalized spacial score (nSPS) is 10.9. The molecule has 0 radical (unpaired) electrons. The molecule has 0 unspecified atom stereocenters. The van der Waals surface area contributed by atoms with Crippen LogP contribution in [0, 0.1) is 0 Å². The van der Waals surface area contributed by atoms with Crippen LogP contribution in [0.4, 0.5) is 4.79 Å². The first-order valence-corrected chi connectivity index (χ1v) is 5.79. The Labute approximate surface area is 110 Å². The molecule has 0 aromatic carbocycles. The van der Waals surface area contributed by atoms with Crippen molar-refractivity contribution < 1.29 is 18.8 Å². The number of hydrogen-bond acceptors (Lipinski definition) is 6. The smallest absolute Gasteiger partial charge is 0.408 e. The molecule has 1 aromatic heterocycles. The van der Waals surface area contributed by atoms with Crippen molar-refractivity contribution in [1.29, 1.82) is 0 Å². The summed E-state index contributed by atoms with van der Waals surface area (Å²) < 4.78 is 9.92. The number of nitrogens with one attached hydrogen (secondary N) is 2. The summed E-state index contributed by atoms with van der Waals surface area (Å²) in [6.07, 6.45) is -0.537. The van der Waals surface area contributed by atoms with Crippen molar-refractivity contribution in [2.24, 2.45) is 0 Å². The molecule has 8 nitrogen and oxygen atoms in total. The van der Waals surface area contributed by atoms with Gasteiger partial charge in [-0.2, -0.15) is 4.98 Å². The molecule has 19 heavy (non-hydrogen) atoms. The highest BCUT2D eigenvalue weighted by atomic mass is 16.6. The molecule has 0 spiro atoms. The molecule has 0 saturated heterocycles. The van der Waals surface area contributed by atoms with Crippen molar-refractivity contribution in [3.63, 3.8) is 0 Å². The van der Waals surface area contributed by atoms with Crippen LogP contribution in [0.2, 0.25) is 0 Å². The number of carbonyl (C=O) groups excluding carboxylic acids is 2. The minimum atomic E-state index is -0.571. The molecule has 0 saturated carbocycles. The number of alkyl carbamates (subject to hydrolysis) is 1. The number of amides is 2. The average Bonchev–Trinajstić information content (AvgIpc) is 2.71. The molecular formula is C11H18N4O4. The summed E-state index contributed by atoms with van der Waals surface area (Å²) in [5.74, 6) is 0.262. The Kier molecular flexibility index (Phi) is 4.85. The van der Waals surface area contributed by atoms with Crippen LogP contribution >= 0.6 is 0 Å². The highest BCUT2D eigenvalue weighted by Crippen LogP contribution is 2.06. The predicted octanol–water partition coefficient (Wildman–Crippen LogP) is 0.383. The van der Waals surface area contributed by atoms with Crippen molar-refractivity contribution >= 4 is 12.0 Å². The van der Waals surface area contributed by atoms with Gasteiger partial charge in [0.1, 0.15) is 12.1 Å². The first kappa shape index (κ1) is 14.9. The van der Waals surface area contributed by atoms with Gasteiger partial charge in [0.05, 0.1) is 6.42 Å². The van der Waals surface area contributed by atoms with E-state index in [0.29, 0.717) is 0 Å². The monoisotopic (exact) mass is 270 g/mol. The molecule has 1 rings (SSSR count). The van der Waals surface area contributed by atoms with E-state index in [1.807, 2.05) is 0 Å². The highest BCUT2D eigenvalue weighted by molar-refractivity contribution is 5.77. The summed E-state index contributed by atoms with van der Waals surface area (Å²) in [5.41, 5.74) is -0.566. The lowest BCUT2D eigenvalue weighted by atomic mass is 10.2. The number of carbonyl (C=O) groups is 2. The topological polar surface area (TPSA) is 106 Å². The zero-order valence-electron chi connectivity index (χ0n) is 11.4. The largest absolute Gasteiger partial charge is 0.444 e. The van der Waals surface area contributed by atoms with Gasteiger partial charge in [-0.1, -0.05) is 5.16 Å². The Hall–Kier alpha value is -2.12. The van der Waals surface area contributed by atoms with Gasteiger partial charge in [-0.15, -0.1) is 0 Å². The Balaban J connectivity index is 2.42. The number of aromatic nitrogens is 2. The third-order valence-electron chi connectivity index (χ3n) is 1.89. The van der Waals surface area contributed by atoms with E-state index in [4.69, 9.17) is 9.26 Å². The number of likely N-dealkylation sites (N-methyl/N-ethyl adjacent to an activating group) is 1. The first-order chi connectivity index (χ1) is 8.80. The molecule has 1 aromatic rings. The third kappa shape index (κ3) is 5.84. The van der Waals surface area contributed by atoms with Crippen LogP contribution in [0.15, 0.2) is 4.52 Å². The summed E-state index contributed by atoms with van der Waals surface area (Å²) in [4.78, 5) is 26.4. The van der Waals surface area contributed by atoms with E-state index < -0.39 is 11.7 Å². The average molecular weight is 270 g/mol. The van der Waals surface area contributed by atoms with Crippen LogP contribution in [0.3, 0.4) is 0 Å². The fraction of sp³-hybridized carbons (Fsp3) is 0.636. The van der Waals surface area contributed by atoms with Gasteiger partial charge in [0, 0.05) is 7.05 Å². The Morgan fingerprint density at radius 1 is 1.37 bits per heavy atom. The Morgan fingerprint density at radius 2 is 2.05 bits per heavy atom. The van der Waals surface area contributed by atoms with E-state index in [2.05, 4.69) is 20.8 Å². The molecular weight excluding hydrogens is 252 g/mol. The van der Waals surface area contributed by atoms with Crippen LogP contribution in [-0.4, -0.2) is 34.8 Å². The molecule has 0 atom stereocenters. The maximum Gasteiger partial charge on any atom is 0.408 e. The summed E-state index contributed by atoms with van der Waals surface area (Å²) in [5, 5.41) is 8.54. The van der Waals surface area contributed by atoms with Gasteiger partial charge >= 0.3 is 6.09 Å². The van der Waals surface area contributed by atoms with Crippen LogP contribution < -0.4 is 10.6 Å². The first-order valence-electron chi connectivity index (χ1n) is 5.79. The van der Waals surface area contributed by atoms with Gasteiger partial charge in [-0.3, -0.25) is 4.79 Å². The summed E-state index contributed by atoms with van der Waals surface area (Å²) in [6, 6.07) is 0. The SMILES string of the molecule is CNC(=O)Cc1noc(CNC(=O)OC(C)(C)C)n1. The number of rotatable bonds is 4. The summed E-state index contributed by atoms with van der Waals surface area (Å²) >= 11 is 0. The third-order valence-corrected chi connectivity index (χ3v) is 1.89. The minimum Gasteiger partial charge on any atom is -0.444 e. The van der Waals surface area contributed by atoms with Crippen LogP contribution in [0.5, 0.6) is 0 Å².